The van der Waals surface area contributed by atoms with Crippen LogP contribution in [-0.2, 0) is 4.79 Å². The van der Waals surface area contributed by atoms with Gasteiger partial charge in [0.15, 0.2) is 5.75 Å². The third-order valence-corrected chi connectivity index (χ3v) is 7.02. The second-order valence-electron chi connectivity index (χ2n) is 10.6. The zero-order valence-corrected chi connectivity index (χ0v) is 24.2. The molecule has 0 aromatic heterocycles. The predicted octanol–water partition coefficient (Wildman–Crippen LogP) is 9.95. The molecule has 0 spiro atoms. The lowest BCUT2D eigenvalue weighted by Crippen LogP contribution is -2.12. The zero-order chi connectivity index (χ0) is 26.8. The molecule has 1 aromatic carbocycles. The van der Waals surface area contributed by atoms with E-state index < -0.39 is 0 Å². The highest BCUT2D eigenvalue weighted by Crippen LogP contribution is 2.15. The van der Waals surface area contributed by atoms with Crippen molar-refractivity contribution in [2.24, 2.45) is 0 Å². The lowest BCUT2D eigenvalue weighted by atomic mass is 10.1. The van der Waals surface area contributed by atoms with Crippen LogP contribution in [0.2, 0.25) is 0 Å². The summed E-state index contributed by atoms with van der Waals surface area (Å²) < 4.78 is 11.2. The van der Waals surface area contributed by atoms with Crippen LogP contribution in [0.25, 0.3) is 0 Å². The van der Waals surface area contributed by atoms with Crippen LogP contribution >= 0.6 is 0 Å². The molecule has 0 atom stereocenters. The van der Waals surface area contributed by atoms with E-state index in [1.807, 2.05) is 0 Å². The van der Waals surface area contributed by atoms with Crippen molar-refractivity contribution < 1.29 is 14.3 Å². The van der Waals surface area contributed by atoms with Crippen molar-refractivity contribution in [2.45, 2.75) is 155 Å². The standard InChI is InChI=1S/C33H56O4/c1-3-5-7-9-11-13-15-16-18-20-22-24-33(35)37-32-28-26-30(25-27-31(32)34)36-29-23-21-19-17-14-12-10-8-6-4-2/h25-28H,3-24,29H2,1-2H3. The number of unbranched alkanes of at least 4 members (excludes halogenated alkanes) is 19. The Hall–Kier alpha value is -1.84. The second kappa shape index (κ2) is 24.5. The number of rotatable bonds is 25. The highest BCUT2D eigenvalue weighted by Gasteiger charge is 2.07. The van der Waals surface area contributed by atoms with Crippen LogP contribution in [0.3, 0.4) is 0 Å². The first-order valence-electron chi connectivity index (χ1n) is 15.6. The van der Waals surface area contributed by atoms with Gasteiger partial charge in [-0.15, -0.1) is 0 Å². The van der Waals surface area contributed by atoms with Crippen LogP contribution in [-0.4, -0.2) is 12.6 Å². The van der Waals surface area contributed by atoms with E-state index >= 15 is 0 Å². The van der Waals surface area contributed by atoms with E-state index in [0.29, 0.717) is 18.8 Å². The molecular formula is C33H56O4. The Bertz CT molecular complexity index is 730. The molecule has 1 rings (SSSR count). The summed E-state index contributed by atoms with van der Waals surface area (Å²) in [7, 11) is 0. The van der Waals surface area contributed by atoms with E-state index in [4.69, 9.17) is 9.47 Å². The Morgan fingerprint density at radius 2 is 1.00 bits per heavy atom. The van der Waals surface area contributed by atoms with Gasteiger partial charge in [0.05, 0.1) is 6.61 Å². The van der Waals surface area contributed by atoms with Gasteiger partial charge in [0.1, 0.15) is 5.75 Å². The molecule has 0 aliphatic carbocycles. The summed E-state index contributed by atoms with van der Waals surface area (Å²) in [5, 5.41) is 0. The van der Waals surface area contributed by atoms with Gasteiger partial charge in [-0.3, -0.25) is 9.59 Å². The first-order valence-corrected chi connectivity index (χ1v) is 15.6. The average Bonchev–Trinajstić information content (AvgIpc) is 3.07. The molecule has 0 aliphatic rings. The molecule has 4 nitrogen and oxygen atoms in total. The minimum atomic E-state index is -0.327. The van der Waals surface area contributed by atoms with Crippen LogP contribution in [0.4, 0.5) is 0 Å². The first-order chi connectivity index (χ1) is 18.2. The topological polar surface area (TPSA) is 52.6 Å². The molecule has 0 N–H and O–H groups in total. The molecule has 212 valence electrons. The molecule has 0 fully saturated rings. The number of esters is 1. The van der Waals surface area contributed by atoms with Gasteiger partial charge >= 0.3 is 5.97 Å². The minimum Gasteiger partial charge on any atom is -0.494 e. The van der Waals surface area contributed by atoms with E-state index in [1.54, 1.807) is 18.2 Å². The molecule has 0 radical (unpaired) electrons. The van der Waals surface area contributed by atoms with Crippen molar-refractivity contribution in [3.05, 3.63) is 34.5 Å². The fraction of sp³-hybridized carbons (Fsp3) is 0.758. The fourth-order valence-corrected chi connectivity index (χ4v) is 4.60. The van der Waals surface area contributed by atoms with Gasteiger partial charge in [-0.2, -0.15) is 0 Å². The van der Waals surface area contributed by atoms with Crippen molar-refractivity contribution in [3.63, 3.8) is 0 Å². The summed E-state index contributed by atoms with van der Waals surface area (Å²) in [6.07, 6.45) is 26.9. The molecule has 0 unspecified atom stereocenters. The van der Waals surface area contributed by atoms with Crippen LogP contribution in [0.5, 0.6) is 11.5 Å². The summed E-state index contributed by atoms with van der Waals surface area (Å²) in [6, 6.07) is 6.38. The third-order valence-electron chi connectivity index (χ3n) is 7.02. The number of carbonyl (C=O) groups excluding carboxylic acids is 1. The molecule has 4 heteroatoms. The van der Waals surface area contributed by atoms with E-state index in [9.17, 15) is 9.59 Å². The number of hydrogen-bond donors (Lipinski definition) is 0. The molecule has 1 aromatic rings. The van der Waals surface area contributed by atoms with Crippen molar-refractivity contribution in [1.82, 2.24) is 0 Å². The van der Waals surface area contributed by atoms with Gasteiger partial charge in [0.2, 0.25) is 5.43 Å². The highest BCUT2D eigenvalue weighted by atomic mass is 16.5. The fourth-order valence-electron chi connectivity index (χ4n) is 4.60. The summed E-state index contributed by atoms with van der Waals surface area (Å²) in [6.45, 7) is 5.15. The Morgan fingerprint density at radius 1 is 0.568 bits per heavy atom. The lowest BCUT2D eigenvalue weighted by Gasteiger charge is -2.05. The SMILES string of the molecule is CCCCCCCCCCCCCC(=O)Oc1ccc(OCCCCCCCCCCCC)ccc1=O. The van der Waals surface area contributed by atoms with Gasteiger partial charge in [-0.25, -0.2) is 0 Å². The summed E-state index contributed by atoms with van der Waals surface area (Å²) >= 11 is 0. The smallest absolute Gasteiger partial charge is 0.311 e. The van der Waals surface area contributed by atoms with Crippen LogP contribution < -0.4 is 14.9 Å². The minimum absolute atomic E-state index is 0.0851. The van der Waals surface area contributed by atoms with E-state index in [1.165, 1.54) is 115 Å². The van der Waals surface area contributed by atoms with Crippen LogP contribution in [0, 0.1) is 0 Å². The first kappa shape index (κ1) is 33.2. The van der Waals surface area contributed by atoms with E-state index in [0.717, 1.165) is 25.7 Å². The molecule has 0 amide bonds. The van der Waals surface area contributed by atoms with Gasteiger partial charge in [-0.1, -0.05) is 136 Å². The molecule has 0 aliphatic heterocycles. The average molecular weight is 517 g/mol. The largest absolute Gasteiger partial charge is 0.494 e. The quantitative estimate of drug-likeness (QED) is 0.0958. The third kappa shape index (κ3) is 19.9. The maximum absolute atomic E-state index is 12.3. The molecular weight excluding hydrogens is 460 g/mol. The van der Waals surface area contributed by atoms with Crippen molar-refractivity contribution in [3.8, 4) is 11.5 Å². The monoisotopic (exact) mass is 516 g/mol. The van der Waals surface area contributed by atoms with Crippen molar-refractivity contribution in [1.29, 1.82) is 0 Å². The van der Waals surface area contributed by atoms with Crippen LogP contribution in [0.1, 0.15) is 155 Å². The molecule has 0 heterocycles. The number of hydrogen-bond acceptors (Lipinski definition) is 4. The predicted molar refractivity (Wildman–Crippen MR) is 157 cm³/mol. The van der Waals surface area contributed by atoms with E-state index in [2.05, 4.69) is 13.8 Å². The van der Waals surface area contributed by atoms with Crippen LogP contribution in [0.15, 0.2) is 29.1 Å². The Kier molecular flexibility index (Phi) is 22.0. The van der Waals surface area contributed by atoms with Gasteiger partial charge in [0, 0.05) is 6.42 Å². The van der Waals surface area contributed by atoms with Gasteiger partial charge in [-0.05, 0) is 37.1 Å². The second-order valence-corrected chi connectivity index (χ2v) is 10.6. The summed E-state index contributed by atoms with van der Waals surface area (Å²) in [5.74, 6) is 0.398. The zero-order valence-electron chi connectivity index (χ0n) is 24.2. The number of ether oxygens (including phenoxy) is 2. The molecule has 37 heavy (non-hydrogen) atoms. The maximum Gasteiger partial charge on any atom is 0.311 e. The Balaban J connectivity index is 2.12. The molecule has 0 saturated heterocycles. The molecule has 0 bridgehead atoms. The summed E-state index contributed by atoms with van der Waals surface area (Å²) in [4.78, 5) is 24.5. The summed E-state index contributed by atoms with van der Waals surface area (Å²) in [5.41, 5.74) is -0.291. The van der Waals surface area contributed by atoms with Gasteiger partial charge < -0.3 is 9.47 Å². The normalized spacial score (nSPS) is 11.0. The van der Waals surface area contributed by atoms with Crippen molar-refractivity contribution >= 4 is 5.97 Å². The van der Waals surface area contributed by atoms with Crippen molar-refractivity contribution in [2.75, 3.05) is 6.61 Å². The Morgan fingerprint density at radius 3 is 1.51 bits per heavy atom. The Labute approximate surface area is 227 Å². The highest BCUT2D eigenvalue weighted by molar-refractivity contribution is 5.72. The molecule has 0 saturated carbocycles. The van der Waals surface area contributed by atoms with Gasteiger partial charge in [0.25, 0.3) is 0 Å². The number of carbonyl (C=O) groups is 1. The lowest BCUT2D eigenvalue weighted by molar-refractivity contribution is -0.134. The maximum atomic E-state index is 12.3. The van der Waals surface area contributed by atoms with E-state index in [-0.39, 0.29) is 17.1 Å².